The first-order valence-corrected chi connectivity index (χ1v) is 15.7. The van der Waals surface area contributed by atoms with E-state index in [1.807, 2.05) is 50.2 Å². The Kier molecular flexibility index (Phi) is 11.5. The summed E-state index contributed by atoms with van der Waals surface area (Å²) >= 11 is 12.4. The number of anilines is 1. The van der Waals surface area contributed by atoms with Gasteiger partial charge < -0.3 is 15.0 Å². The number of halogens is 2. The normalized spacial score (nSPS) is 12.7. The highest BCUT2D eigenvalue weighted by Gasteiger charge is 2.34. The smallest absolute Gasteiger partial charge is 0.244 e. The first-order chi connectivity index (χ1) is 19.4. The predicted molar refractivity (Wildman–Crippen MR) is 164 cm³/mol. The van der Waals surface area contributed by atoms with Gasteiger partial charge in [0.25, 0.3) is 0 Å². The molecule has 0 aromatic heterocycles. The number of hydrogen-bond donors (Lipinski definition) is 1. The third-order valence-corrected chi connectivity index (χ3v) is 8.28. The van der Waals surface area contributed by atoms with Crippen LogP contribution in [-0.4, -0.2) is 57.1 Å². The molecule has 0 bridgehead atoms. The highest BCUT2D eigenvalue weighted by molar-refractivity contribution is 7.92. The Balaban J connectivity index is 2.09. The lowest BCUT2D eigenvalue weighted by Crippen LogP contribution is -2.54. The Morgan fingerprint density at radius 2 is 1.66 bits per heavy atom. The number of carbonyl (C=O) groups is 2. The van der Waals surface area contributed by atoms with E-state index in [2.05, 4.69) is 5.32 Å². The molecule has 0 spiro atoms. The van der Waals surface area contributed by atoms with Crippen LogP contribution in [-0.2, 0) is 32.6 Å². The van der Waals surface area contributed by atoms with E-state index in [1.165, 1.54) is 23.1 Å². The van der Waals surface area contributed by atoms with Gasteiger partial charge in [-0.25, -0.2) is 8.42 Å². The molecular weight excluding hydrogens is 585 g/mol. The highest BCUT2D eigenvalue weighted by Crippen LogP contribution is 2.31. The van der Waals surface area contributed by atoms with Crippen molar-refractivity contribution in [3.63, 3.8) is 0 Å². The average Bonchev–Trinajstić information content (AvgIpc) is 2.93. The SMILES string of the molecule is CC[C@@H](C)NC(=O)[C@H](Cc1ccccc1)N(Cc1cccc(OC)c1)C(=O)CN(c1ccc(Cl)cc1Cl)S(C)(=O)=O. The van der Waals surface area contributed by atoms with E-state index in [0.29, 0.717) is 22.8 Å². The Hall–Kier alpha value is -3.27. The number of amides is 2. The van der Waals surface area contributed by atoms with Crippen LogP contribution >= 0.6 is 23.2 Å². The number of rotatable bonds is 13. The van der Waals surface area contributed by atoms with Crippen molar-refractivity contribution >= 4 is 50.7 Å². The molecule has 0 fully saturated rings. The summed E-state index contributed by atoms with van der Waals surface area (Å²) < 4.78 is 32.1. The van der Waals surface area contributed by atoms with Crippen LogP contribution in [0.15, 0.2) is 72.8 Å². The molecule has 0 heterocycles. The summed E-state index contributed by atoms with van der Waals surface area (Å²) in [4.78, 5) is 29.3. The van der Waals surface area contributed by atoms with E-state index in [9.17, 15) is 18.0 Å². The van der Waals surface area contributed by atoms with E-state index < -0.39 is 28.5 Å². The number of sulfonamides is 1. The van der Waals surface area contributed by atoms with Crippen LogP contribution in [0.2, 0.25) is 10.0 Å². The lowest BCUT2D eigenvalue weighted by atomic mass is 10.0. The summed E-state index contributed by atoms with van der Waals surface area (Å²) in [6.07, 6.45) is 1.92. The summed E-state index contributed by atoms with van der Waals surface area (Å²) in [5.41, 5.74) is 1.67. The summed E-state index contributed by atoms with van der Waals surface area (Å²) in [6.45, 7) is 3.30. The van der Waals surface area contributed by atoms with E-state index in [1.54, 1.807) is 25.3 Å². The molecule has 41 heavy (non-hydrogen) atoms. The van der Waals surface area contributed by atoms with Gasteiger partial charge in [-0.15, -0.1) is 0 Å². The number of nitrogens with zero attached hydrogens (tertiary/aromatic N) is 2. The molecule has 2 atom stereocenters. The van der Waals surface area contributed by atoms with Crippen LogP contribution in [0.3, 0.4) is 0 Å². The number of ether oxygens (including phenoxy) is 1. The van der Waals surface area contributed by atoms with Crippen molar-refractivity contribution in [1.29, 1.82) is 0 Å². The Labute approximate surface area is 252 Å². The maximum Gasteiger partial charge on any atom is 0.244 e. The van der Waals surface area contributed by atoms with Gasteiger partial charge in [-0.05, 0) is 54.8 Å². The fourth-order valence-electron chi connectivity index (χ4n) is 4.24. The number of hydrogen-bond acceptors (Lipinski definition) is 5. The van der Waals surface area contributed by atoms with E-state index in [4.69, 9.17) is 27.9 Å². The molecule has 11 heteroatoms. The third-order valence-electron chi connectivity index (χ3n) is 6.62. The molecule has 2 amide bonds. The fourth-order valence-corrected chi connectivity index (χ4v) is 5.66. The molecule has 1 N–H and O–H groups in total. The van der Waals surface area contributed by atoms with Crippen molar-refractivity contribution in [2.75, 3.05) is 24.2 Å². The maximum atomic E-state index is 14.1. The van der Waals surface area contributed by atoms with Crippen LogP contribution in [0.1, 0.15) is 31.4 Å². The van der Waals surface area contributed by atoms with Gasteiger partial charge in [0.05, 0.1) is 24.1 Å². The van der Waals surface area contributed by atoms with Crippen LogP contribution < -0.4 is 14.4 Å². The van der Waals surface area contributed by atoms with Crippen molar-refractivity contribution in [2.24, 2.45) is 0 Å². The second-order valence-corrected chi connectivity index (χ2v) is 12.5. The maximum absolute atomic E-state index is 14.1. The van der Waals surface area contributed by atoms with Crippen molar-refractivity contribution in [2.45, 2.75) is 45.3 Å². The van der Waals surface area contributed by atoms with Crippen molar-refractivity contribution in [1.82, 2.24) is 10.2 Å². The van der Waals surface area contributed by atoms with E-state index in [-0.39, 0.29) is 35.6 Å². The van der Waals surface area contributed by atoms with Gasteiger partial charge in [0, 0.05) is 24.0 Å². The second-order valence-electron chi connectivity index (χ2n) is 9.76. The summed E-state index contributed by atoms with van der Waals surface area (Å²) in [6, 6.07) is 19.8. The van der Waals surface area contributed by atoms with Crippen LogP contribution in [0.4, 0.5) is 5.69 Å². The Bertz CT molecular complexity index is 1450. The molecule has 0 unspecified atom stereocenters. The number of methoxy groups -OCH3 is 1. The quantitative estimate of drug-likeness (QED) is 0.279. The van der Waals surface area contributed by atoms with Gasteiger partial charge in [0.2, 0.25) is 21.8 Å². The van der Waals surface area contributed by atoms with Gasteiger partial charge in [-0.1, -0.05) is 72.6 Å². The molecule has 0 aliphatic rings. The molecule has 0 radical (unpaired) electrons. The van der Waals surface area contributed by atoms with E-state index in [0.717, 1.165) is 16.1 Å². The molecule has 220 valence electrons. The van der Waals surface area contributed by atoms with Gasteiger partial charge in [-0.3, -0.25) is 13.9 Å². The van der Waals surface area contributed by atoms with Crippen LogP contribution in [0.5, 0.6) is 5.75 Å². The summed E-state index contributed by atoms with van der Waals surface area (Å²) in [7, 11) is -2.41. The van der Waals surface area contributed by atoms with Crippen molar-refractivity contribution in [3.8, 4) is 5.75 Å². The minimum atomic E-state index is -3.96. The fraction of sp³-hybridized carbons (Fsp3) is 0.333. The molecule has 0 saturated carbocycles. The third kappa shape index (κ3) is 9.11. The van der Waals surface area contributed by atoms with Gasteiger partial charge in [0.1, 0.15) is 18.3 Å². The van der Waals surface area contributed by atoms with E-state index >= 15 is 0 Å². The zero-order valence-corrected chi connectivity index (χ0v) is 25.8. The predicted octanol–water partition coefficient (Wildman–Crippen LogP) is 5.32. The second kappa shape index (κ2) is 14.6. The lowest BCUT2D eigenvalue weighted by Gasteiger charge is -2.34. The molecule has 0 aliphatic carbocycles. The number of benzene rings is 3. The molecular formula is C30H35Cl2N3O5S. The van der Waals surface area contributed by atoms with Crippen molar-refractivity contribution < 1.29 is 22.7 Å². The van der Waals surface area contributed by atoms with Crippen LogP contribution in [0.25, 0.3) is 0 Å². The Morgan fingerprint density at radius 3 is 2.27 bits per heavy atom. The largest absolute Gasteiger partial charge is 0.497 e. The topological polar surface area (TPSA) is 96.0 Å². The summed E-state index contributed by atoms with van der Waals surface area (Å²) in [5, 5.41) is 3.40. The summed E-state index contributed by atoms with van der Waals surface area (Å²) in [5.74, 6) is -0.330. The first-order valence-electron chi connectivity index (χ1n) is 13.1. The Morgan fingerprint density at radius 1 is 0.976 bits per heavy atom. The number of carbonyl (C=O) groups excluding carboxylic acids is 2. The minimum Gasteiger partial charge on any atom is -0.497 e. The van der Waals surface area contributed by atoms with Crippen molar-refractivity contribution in [3.05, 3.63) is 94.0 Å². The average molecular weight is 621 g/mol. The van der Waals surface area contributed by atoms with Gasteiger partial charge in [-0.2, -0.15) is 0 Å². The number of nitrogens with one attached hydrogen (secondary N) is 1. The standard InChI is InChI=1S/C30H35Cl2N3O5S/c1-5-21(2)33-30(37)28(17-22-10-7-6-8-11-22)34(19-23-12-9-13-25(16-23)40-3)29(36)20-35(41(4,38)39)27-15-14-24(31)18-26(27)32/h6-16,18,21,28H,5,17,19-20H2,1-4H3,(H,33,37)/t21-,28+/m1/s1. The highest BCUT2D eigenvalue weighted by atomic mass is 35.5. The zero-order valence-electron chi connectivity index (χ0n) is 23.5. The molecule has 3 aromatic carbocycles. The zero-order chi connectivity index (χ0) is 30.2. The lowest BCUT2D eigenvalue weighted by molar-refractivity contribution is -0.140. The molecule has 3 aromatic rings. The van der Waals surface area contributed by atoms with Crippen LogP contribution in [0, 0.1) is 0 Å². The van der Waals surface area contributed by atoms with Gasteiger partial charge >= 0.3 is 0 Å². The molecule has 0 aliphatic heterocycles. The monoisotopic (exact) mass is 619 g/mol. The molecule has 0 saturated heterocycles. The molecule has 8 nitrogen and oxygen atoms in total. The minimum absolute atomic E-state index is 0.0351. The molecule has 3 rings (SSSR count). The van der Waals surface area contributed by atoms with Gasteiger partial charge in [0.15, 0.2) is 0 Å². The first kappa shape index (κ1) is 32.2.